The maximum atomic E-state index is 10.2. The van der Waals surface area contributed by atoms with Crippen molar-refractivity contribution in [1.29, 1.82) is 0 Å². The highest BCUT2D eigenvalue weighted by atomic mass is 16.3. The first-order valence-corrected chi connectivity index (χ1v) is 6.37. The molecule has 0 rings (SSSR count). The molecule has 0 spiro atoms. The average Bonchev–Trinajstić information content (AvgIpc) is 2.11. The smallest absolute Gasteiger partial charge is 0.0869 e. The third kappa shape index (κ3) is 9.13. The summed E-state index contributed by atoms with van der Waals surface area (Å²) in [7, 11) is 2.08. The largest absolute Gasteiger partial charge is 0.388 e. The predicted octanol–water partition coefficient (Wildman–Crippen LogP) is 1.71. The third-order valence-electron chi connectivity index (χ3n) is 2.59. The fourth-order valence-electron chi connectivity index (χ4n) is 1.62. The Morgan fingerprint density at radius 1 is 1.25 bits per heavy atom. The zero-order valence-corrected chi connectivity index (χ0v) is 11.9. The molecule has 0 fully saturated rings. The monoisotopic (exact) mass is 230 g/mol. The molecular formula is C13H30N2O. The van der Waals surface area contributed by atoms with Crippen LogP contribution in [-0.4, -0.2) is 48.3 Å². The van der Waals surface area contributed by atoms with Crippen molar-refractivity contribution in [2.24, 2.45) is 5.92 Å². The summed E-state index contributed by atoms with van der Waals surface area (Å²) in [5, 5.41) is 13.5. The molecule has 2 N–H and O–H groups in total. The molecule has 1 unspecified atom stereocenters. The van der Waals surface area contributed by atoms with Crippen LogP contribution in [0.1, 0.15) is 41.0 Å². The van der Waals surface area contributed by atoms with Gasteiger partial charge in [0.25, 0.3) is 0 Å². The molecule has 0 aromatic carbocycles. The van der Waals surface area contributed by atoms with Gasteiger partial charge in [0.15, 0.2) is 0 Å². The molecule has 3 heteroatoms. The number of rotatable bonds is 8. The van der Waals surface area contributed by atoms with Crippen molar-refractivity contribution >= 4 is 0 Å². The number of hydrogen-bond acceptors (Lipinski definition) is 3. The van der Waals surface area contributed by atoms with Crippen LogP contribution >= 0.6 is 0 Å². The lowest BCUT2D eigenvalue weighted by atomic mass is 10.1. The number of hydrogen-bond donors (Lipinski definition) is 2. The zero-order chi connectivity index (χ0) is 12.8. The van der Waals surface area contributed by atoms with Gasteiger partial charge >= 0.3 is 0 Å². The summed E-state index contributed by atoms with van der Waals surface area (Å²) in [5.41, 5.74) is -0.643. The number of nitrogens with one attached hydrogen (secondary N) is 1. The average molecular weight is 230 g/mol. The standard InChI is InChI=1S/C13H30N2O/c1-11(2)7-8-15(6)10-13(5,16)9-14-12(3)4/h11-12,14,16H,7-10H2,1-6H3. The van der Waals surface area contributed by atoms with E-state index in [1.165, 1.54) is 6.42 Å². The van der Waals surface area contributed by atoms with E-state index in [1.54, 1.807) is 0 Å². The lowest BCUT2D eigenvalue weighted by Gasteiger charge is -2.30. The quantitative estimate of drug-likeness (QED) is 0.666. The fraction of sp³-hybridized carbons (Fsp3) is 1.00. The SMILES string of the molecule is CC(C)CCN(C)CC(C)(O)CNC(C)C. The summed E-state index contributed by atoms with van der Waals surface area (Å²) < 4.78 is 0. The normalized spacial score (nSPS) is 16.1. The van der Waals surface area contributed by atoms with Crippen LogP contribution < -0.4 is 5.32 Å². The molecule has 1 atom stereocenters. The van der Waals surface area contributed by atoms with Gasteiger partial charge in [0.1, 0.15) is 0 Å². The number of aliphatic hydroxyl groups is 1. The molecule has 0 heterocycles. The summed E-state index contributed by atoms with van der Waals surface area (Å²) in [6.07, 6.45) is 1.18. The molecule has 0 aromatic rings. The molecular weight excluding hydrogens is 200 g/mol. The van der Waals surface area contributed by atoms with Crippen LogP contribution in [0.4, 0.5) is 0 Å². The molecule has 0 aliphatic rings. The summed E-state index contributed by atoms with van der Waals surface area (Å²) in [5.74, 6) is 0.723. The van der Waals surface area contributed by atoms with Crippen LogP contribution in [0.15, 0.2) is 0 Å². The van der Waals surface area contributed by atoms with Crippen LogP contribution in [-0.2, 0) is 0 Å². The van der Waals surface area contributed by atoms with E-state index < -0.39 is 5.60 Å². The van der Waals surface area contributed by atoms with Crippen molar-refractivity contribution in [3.8, 4) is 0 Å². The molecule has 0 saturated carbocycles. The van der Waals surface area contributed by atoms with Gasteiger partial charge < -0.3 is 15.3 Å². The highest BCUT2D eigenvalue weighted by Gasteiger charge is 2.22. The predicted molar refractivity (Wildman–Crippen MR) is 70.7 cm³/mol. The van der Waals surface area contributed by atoms with E-state index in [1.807, 2.05) is 6.92 Å². The first-order valence-electron chi connectivity index (χ1n) is 6.37. The third-order valence-corrected chi connectivity index (χ3v) is 2.59. The Balaban J connectivity index is 3.85. The van der Waals surface area contributed by atoms with Crippen LogP contribution in [0.25, 0.3) is 0 Å². The van der Waals surface area contributed by atoms with Crippen molar-refractivity contribution < 1.29 is 5.11 Å². The highest BCUT2D eigenvalue weighted by Crippen LogP contribution is 2.07. The van der Waals surface area contributed by atoms with Gasteiger partial charge in [-0.25, -0.2) is 0 Å². The van der Waals surface area contributed by atoms with Gasteiger partial charge in [0.2, 0.25) is 0 Å². The molecule has 0 radical (unpaired) electrons. The lowest BCUT2D eigenvalue weighted by Crippen LogP contribution is -2.48. The van der Waals surface area contributed by atoms with Gasteiger partial charge in [-0.3, -0.25) is 0 Å². The Hall–Kier alpha value is -0.120. The number of nitrogens with zero attached hydrogens (tertiary/aromatic N) is 1. The van der Waals surface area contributed by atoms with Gasteiger partial charge in [-0.15, -0.1) is 0 Å². The molecule has 16 heavy (non-hydrogen) atoms. The topological polar surface area (TPSA) is 35.5 Å². The Labute approximate surface area is 101 Å². The molecule has 98 valence electrons. The van der Waals surface area contributed by atoms with E-state index in [9.17, 15) is 5.11 Å². The Kier molecular flexibility index (Phi) is 7.20. The van der Waals surface area contributed by atoms with E-state index in [0.29, 0.717) is 12.6 Å². The zero-order valence-electron chi connectivity index (χ0n) is 11.9. The molecule has 0 bridgehead atoms. The van der Waals surface area contributed by atoms with Gasteiger partial charge in [-0.2, -0.15) is 0 Å². The second kappa shape index (κ2) is 7.25. The van der Waals surface area contributed by atoms with E-state index >= 15 is 0 Å². The molecule has 0 aliphatic carbocycles. The van der Waals surface area contributed by atoms with Gasteiger partial charge in [-0.05, 0) is 32.9 Å². The second-order valence-electron chi connectivity index (χ2n) is 5.95. The fourth-order valence-corrected chi connectivity index (χ4v) is 1.62. The van der Waals surface area contributed by atoms with E-state index in [2.05, 4.69) is 45.0 Å². The maximum absolute atomic E-state index is 10.2. The van der Waals surface area contributed by atoms with Crippen LogP contribution in [0.3, 0.4) is 0 Å². The second-order valence-corrected chi connectivity index (χ2v) is 5.95. The summed E-state index contributed by atoms with van der Waals surface area (Å²) in [6.45, 7) is 13.0. The number of likely N-dealkylation sites (N-methyl/N-ethyl adjacent to an activating group) is 1. The molecule has 0 amide bonds. The van der Waals surface area contributed by atoms with Crippen LogP contribution in [0, 0.1) is 5.92 Å². The molecule has 3 nitrogen and oxygen atoms in total. The summed E-state index contributed by atoms with van der Waals surface area (Å²) >= 11 is 0. The van der Waals surface area contributed by atoms with Gasteiger partial charge in [-0.1, -0.05) is 27.7 Å². The van der Waals surface area contributed by atoms with E-state index in [0.717, 1.165) is 19.0 Å². The molecule has 0 aromatic heterocycles. The minimum absolute atomic E-state index is 0.424. The lowest BCUT2D eigenvalue weighted by molar-refractivity contribution is 0.0249. The Morgan fingerprint density at radius 3 is 2.25 bits per heavy atom. The Bertz CT molecular complexity index is 179. The van der Waals surface area contributed by atoms with Gasteiger partial charge in [0.05, 0.1) is 5.60 Å². The molecule has 0 saturated heterocycles. The van der Waals surface area contributed by atoms with Crippen molar-refractivity contribution in [1.82, 2.24) is 10.2 Å². The van der Waals surface area contributed by atoms with Crippen molar-refractivity contribution in [3.05, 3.63) is 0 Å². The van der Waals surface area contributed by atoms with Gasteiger partial charge in [0, 0.05) is 19.1 Å². The minimum atomic E-state index is -0.643. The summed E-state index contributed by atoms with van der Waals surface area (Å²) in [6, 6.07) is 0.424. The van der Waals surface area contributed by atoms with Crippen molar-refractivity contribution in [2.45, 2.75) is 52.7 Å². The van der Waals surface area contributed by atoms with Crippen LogP contribution in [0.2, 0.25) is 0 Å². The first-order chi connectivity index (χ1) is 7.23. The van der Waals surface area contributed by atoms with Crippen molar-refractivity contribution in [2.75, 3.05) is 26.7 Å². The molecule has 0 aliphatic heterocycles. The summed E-state index contributed by atoms with van der Waals surface area (Å²) in [4.78, 5) is 2.21. The van der Waals surface area contributed by atoms with E-state index in [4.69, 9.17) is 0 Å². The van der Waals surface area contributed by atoms with E-state index in [-0.39, 0.29) is 0 Å². The van der Waals surface area contributed by atoms with Crippen molar-refractivity contribution in [3.63, 3.8) is 0 Å². The first kappa shape index (κ1) is 15.9. The minimum Gasteiger partial charge on any atom is -0.388 e. The van der Waals surface area contributed by atoms with Crippen LogP contribution in [0.5, 0.6) is 0 Å². The Morgan fingerprint density at radius 2 is 1.81 bits per heavy atom. The highest BCUT2D eigenvalue weighted by molar-refractivity contribution is 4.79. The maximum Gasteiger partial charge on any atom is 0.0869 e.